The number of carbonyl (C=O) groups excluding carboxylic acids is 1. The van der Waals surface area contributed by atoms with Crippen LogP contribution in [0, 0.1) is 0 Å². The molecule has 1 aromatic heterocycles. The van der Waals surface area contributed by atoms with Gasteiger partial charge >= 0.3 is 0 Å². The molecule has 1 unspecified atom stereocenters. The molecule has 0 bridgehead atoms. The molecule has 1 saturated heterocycles. The van der Waals surface area contributed by atoms with Gasteiger partial charge in [0.2, 0.25) is 0 Å². The molecule has 2 heterocycles. The quantitative estimate of drug-likeness (QED) is 0.764. The molecule has 3 rings (SSSR count). The zero-order chi connectivity index (χ0) is 17.6. The number of benzene rings is 1. The van der Waals surface area contributed by atoms with Gasteiger partial charge in [-0.15, -0.1) is 11.3 Å². The average molecular weight is 381 g/mol. The third-order valence-electron chi connectivity index (χ3n) is 3.88. The molecule has 1 fully saturated rings. The molecule has 1 amide bonds. The van der Waals surface area contributed by atoms with E-state index in [4.69, 9.17) is 21.1 Å². The Kier molecular flexibility index (Phi) is 6.29. The van der Waals surface area contributed by atoms with Gasteiger partial charge in [0.05, 0.1) is 23.0 Å². The van der Waals surface area contributed by atoms with E-state index >= 15 is 0 Å². The molecular weight excluding hydrogens is 360 g/mol. The molecule has 1 aliphatic rings. The molecule has 134 valence electrons. The molecule has 5 nitrogen and oxygen atoms in total. The van der Waals surface area contributed by atoms with Gasteiger partial charge in [-0.2, -0.15) is 0 Å². The second-order valence-corrected chi connectivity index (χ2v) is 7.46. The molecule has 0 saturated carbocycles. The van der Waals surface area contributed by atoms with Crippen LogP contribution in [0.15, 0.2) is 24.4 Å². The number of hydrogen-bond acceptors (Lipinski definition) is 5. The SMILES string of the molecule is CCCc1ncc(C(=O)Nc2cc(Cl)ccc2OCC2CCCO2)s1. The maximum absolute atomic E-state index is 12.5. The summed E-state index contributed by atoms with van der Waals surface area (Å²) in [6.45, 7) is 3.33. The largest absolute Gasteiger partial charge is 0.489 e. The third kappa shape index (κ3) is 4.93. The molecule has 0 spiro atoms. The first kappa shape index (κ1) is 18.2. The lowest BCUT2D eigenvalue weighted by atomic mass is 10.2. The Bertz CT molecular complexity index is 729. The summed E-state index contributed by atoms with van der Waals surface area (Å²) < 4.78 is 11.4. The third-order valence-corrected chi connectivity index (χ3v) is 5.17. The van der Waals surface area contributed by atoms with Gasteiger partial charge in [-0.05, 0) is 43.9 Å². The van der Waals surface area contributed by atoms with E-state index in [1.807, 2.05) is 0 Å². The van der Waals surface area contributed by atoms with Crippen LogP contribution < -0.4 is 10.1 Å². The lowest BCUT2D eigenvalue weighted by molar-refractivity contribution is 0.0682. The highest BCUT2D eigenvalue weighted by Crippen LogP contribution is 2.30. The summed E-state index contributed by atoms with van der Waals surface area (Å²) in [5.41, 5.74) is 0.556. The molecule has 0 aliphatic carbocycles. The zero-order valence-corrected chi connectivity index (χ0v) is 15.7. The van der Waals surface area contributed by atoms with E-state index in [0.717, 1.165) is 37.3 Å². The minimum absolute atomic E-state index is 0.109. The van der Waals surface area contributed by atoms with Gasteiger partial charge in [-0.1, -0.05) is 18.5 Å². The van der Waals surface area contributed by atoms with Crippen LogP contribution in [-0.2, 0) is 11.2 Å². The topological polar surface area (TPSA) is 60.5 Å². The van der Waals surface area contributed by atoms with Crippen LogP contribution in [0.25, 0.3) is 0 Å². The maximum atomic E-state index is 12.5. The standard InChI is InChI=1S/C18H21ClN2O3S/c1-2-4-17-20-10-16(25-17)18(22)21-14-9-12(19)6-7-15(14)24-11-13-5-3-8-23-13/h6-7,9-10,13H,2-5,8,11H2,1H3,(H,21,22). The molecule has 2 aromatic rings. The van der Waals surface area contributed by atoms with E-state index in [1.165, 1.54) is 11.3 Å². The van der Waals surface area contributed by atoms with Gasteiger partial charge < -0.3 is 14.8 Å². The summed E-state index contributed by atoms with van der Waals surface area (Å²) in [6.07, 6.45) is 5.66. The molecule has 0 radical (unpaired) electrons. The highest BCUT2D eigenvalue weighted by atomic mass is 35.5. The van der Waals surface area contributed by atoms with E-state index in [0.29, 0.717) is 27.9 Å². The number of aryl methyl sites for hydroxylation is 1. The smallest absolute Gasteiger partial charge is 0.267 e. The number of aromatic nitrogens is 1. The highest BCUT2D eigenvalue weighted by molar-refractivity contribution is 7.13. The van der Waals surface area contributed by atoms with Crippen LogP contribution in [0.2, 0.25) is 5.02 Å². The summed E-state index contributed by atoms with van der Waals surface area (Å²) in [5, 5.41) is 4.38. The van der Waals surface area contributed by atoms with Gasteiger partial charge in [0.25, 0.3) is 5.91 Å². The Morgan fingerprint density at radius 3 is 3.16 bits per heavy atom. The van der Waals surface area contributed by atoms with Crippen molar-refractivity contribution in [3.63, 3.8) is 0 Å². The van der Waals surface area contributed by atoms with E-state index in [-0.39, 0.29) is 12.0 Å². The monoisotopic (exact) mass is 380 g/mol. The van der Waals surface area contributed by atoms with Crippen molar-refractivity contribution in [1.82, 2.24) is 4.98 Å². The number of rotatable bonds is 7. The van der Waals surface area contributed by atoms with Gasteiger partial charge in [0.15, 0.2) is 0 Å². The fourth-order valence-electron chi connectivity index (χ4n) is 2.61. The van der Waals surface area contributed by atoms with Crippen molar-refractivity contribution in [2.24, 2.45) is 0 Å². The summed E-state index contributed by atoms with van der Waals surface area (Å²) in [4.78, 5) is 17.4. The van der Waals surface area contributed by atoms with E-state index in [9.17, 15) is 4.79 Å². The van der Waals surface area contributed by atoms with Crippen LogP contribution in [0.4, 0.5) is 5.69 Å². The summed E-state index contributed by atoms with van der Waals surface area (Å²) in [6, 6.07) is 5.20. The number of amides is 1. The van der Waals surface area contributed by atoms with Crippen molar-refractivity contribution < 1.29 is 14.3 Å². The highest BCUT2D eigenvalue weighted by Gasteiger charge is 2.18. The molecule has 1 aromatic carbocycles. The average Bonchev–Trinajstić information content (AvgIpc) is 3.26. The van der Waals surface area contributed by atoms with Crippen LogP contribution >= 0.6 is 22.9 Å². The number of carbonyl (C=O) groups is 1. The van der Waals surface area contributed by atoms with Gasteiger partial charge in [-0.25, -0.2) is 4.98 Å². The van der Waals surface area contributed by atoms with Crippen LogP contribution in [0.3, 0.4) is 0 Å². The molecule has 1 N–H and O–H groups in total. The lowest BCUT2D eigenvalue weighted by Gasteiger charge is -2.15. The number of halogens is 1. The molecular formula is C18H21ClN2O3S. The minimum Gasteiger partial charge on any atom is -0.489 e. The van der Waals surface area contributed by atoms with Crippen molar-refractivity contribution in [3.8, 4) is 5.75 Å². The first-order valence-corrected chi connectivity index (χ1v) is 9.65. The predicted octanol–water partition coefficient (Wildman–Crippen LogP) is 4.56. The Morgan fingerprint density at radius 1 is 1.52 bits per heavy atom. The van der Waals surface area contributed by atoms with Gasteiger partial charge in [-0.3, -0.25) is 4.79 Å². The van der Waals surface area contributed by atoms with Crippen LogP contribution in [-0.4, -0.2) is 30.2 Å². The number of nitrogens with zero attached hydrogens (tertiary/aromatic N) is 1. The maximum Gasteiger partial charge on any atom is 0.267 e. The fraction of sp³-hybridized carbons (Fsp3) is 0.444. The van der Waals surface area contributed by atoms with Gasteiger partial charge in [0, 0.05) is 11.6 Å². The fourth-order valence-corrected chi connectivity index (χ4v) is 3.70. The summed E-state index contributed by atoms with van der Waals surface area (Å²) in [5.74, 6) is 0.385. The Labute approximate surface area is 156 Å². The first-order chi connectivity index (χ1) is 12.2. The van der Waals surface area contributed by atoms with E-state index < -0.39 is 0 Å². The lowest BCUT2D eigenvalue weighted by Crippen LogP contribution is -2.18. The second kappa shape index (κ2) is 8.65. The Morgan fingerprint density at radius 2 is 2.40 bits per heavy atom. The number of ether oxygens (including phenoxy) is 2. The van der Waals surface area contributed by atoms with Crippen LogP contribution in [0.5, 0.6) is 5.75 Å². The van der Waals surface area contributed by atoms with Crippen molar-refractivity contribution in [1.29, 1.82) is 0 Å². The summed E-state index contributed by atoms with van der Waals surface area (Å²) >= 11 is 7.49. The molecule has 1 atom stereocenters. The number of thiazole rings is 1. The Hall–Kier alpha value is -1.63. The number of nitrogens with one attached hydrogen (secondary N) is 1. The Balaban J connectivity index is 1.68. The minimum atomic E-state index is -0.205. The van der Waals surface area contributed by atoms with E-state index in [2.05, 4.69) is 17.2 Å². The first-order valence-electron chi connectivity index (χ1n) is 8.45. The van der Waals surface area contributed by atoms with Crippen molar-refractivity contribution >= 4 is 34.5 Å². The molecule has 1 aliphatic heterocycles. The van der Waals surface area contributed by atoms with E-state index in [1.54, 1.807) is 24.4 Å². The molecule has 25 heavy (non-hydrogen) atoms. The van der Waals surface area contributed by atoms with Gasteiger partial charge in [0.1, 0.15) is 17.2 Å². The second-order valence-electron chi connectivity index (χ2n) is 5.91. The number of hydrogen-bond donors (Lipinski definition) is 1. The van der Waals surface area contributed by atoms with Crippen molar-refractivity contribution in [3.05, 3.63) is 39.3 Å². The zero-order valence-electron chi connectivity index (χ0n) is 14.1. The van der Waals surface area contributed by atoms with Crippen molar-refractivity contribution in [2.45, 2.75) is 38.7 Å². The number of anilines is 1. The summed E-state index contributed by atoms with van der Waals surface area (Å²) in [7, 11) is 0. The van der Waals surface area contributed by atoms with Crippen molar-refractivity contribution in [2.75, 3.05) is 18.5 Å². The molecule has 7 heteroatoms. The predicted molar refractivity (Wildman–Crippen MR) is 100.0 cm³/mol. The van der Waals surface area contributed by atoms with Crippen LogP contribution in [0.1, 0.15) is 40.9 Å². The normalized spacial score (nSPS) is 16.8.